The number of benzene rings is 2. The third-order valence-corrected chi connectivity index (χ3v) is 5.90. The van der Waals surface area contributed by atoms with Crippen molar-refractivity contribution >= 4 is 43.3 Å². The fraction of sp³-hybridized carbons (Fsp3) is 0.0588. The Hall–Kier alpha value is -2.32. The molecular formula is C17H9F2IN2O3S. The number of hydrogen-bond donors (Lipinski definition) is 1. The van der Waals surface area contributed by atoms with Crippen molar-refractivity contribution < 1.29 is 17.2 Å². The Morgan fingerprint density at radius 1 is 1.19 bits per heavy atom. The van der Waals surface area contributed by atoms with Gasteiger partial charge in [0.1, 0.15) is 5.82 Å². The molecule has 2 aromatic carbocycles. The first-order valence-electron chi connectivity index (χ1n) is 7.08. The number of rotatable bonds is 2. The summed E-state index contributed by atoms with van der Waals surface area (Å²) in [6.45, 7) is 0. The van der Waals surface area contributed by atoms with Gasteiger partial charge in [0.2, 0.25) is 0 Å². The van der Waals surface area contributed by atoms with Gasteiger partial charge >= 0.3 is 0 Å². The van der Waals surface area contributed by atoms with Gasteiger partial charge in [-0.25, -0.2) is 17.2 Å². The smallest absolute Gasteiger partial charge is 0.193 e. The Balaban J connectivity index is 2.43. The maximum absolute atomic E-state index is 14.2. The minimum atomic E-state index is -3.68. The Bertz CT molecular complexity index is 1280. The van der Waals surface area contributed by atoms with Crippen LogP contribution in [0.15, 0.2) is 40.0 Å². The van der Waals surface area contributed by atoms with Crippen LogP contribution in [-0.4, -0.2) is 19.7 Å². The lowest BCUT2D eigenvalue weighted by atomic mass is 10.1. The minimum Gasteiger partial charge on any atom is -0.354 e. The second-order valence-corrected chi connectivity index (χ2v) is 8.61. The summed E-state index contributed by atoms with van der Waals surface area (Å²) in [5.74, 6) is -1.83. The molecule has 132 valence electrons. The van der Waals surface area contributed by atoms with E-state index in [2.05, 4.69) is 4.98 Å². The predicted octanol–water partition coefficient (Wildman–Crippen LogP) is 3.35. The number of sulfone groups is 1. The Morgan fingerprint density at radius 2 is 1.88 bits per heavy atom. The van der Waals surface area contributed by atoms with E-state index in [1.165, 1.54) is 40.8 Å². The van der Waals surface area contributed by atoms with Crippen molar-refractivity contribution in [2.24, 2.45) is 0 Å². The first kappa shape index (κ1) is 18.5. The van der Waals surface area contributed by atoms with Crippen molar-refractivity contribution in [3.05, 3.63) is 61.3 Å². The zero-order valence-electron chi connectivity index (χ0n) is 13.1. The summed E-state index contributed by atoms with van der Waals surface area (Å²) in [4.78, 5) is 15.0. The summed E-state index contributed by atoms with van der Waals surface area (Å²) in [5.41, 5.74) is -0.547. The van der Waals surface area contributed by atoms with Gasteiger partial charge in [0, 0.05) is 17.9 Å². The summed E-state index contributed by atoms with van der Waals surface area (Å²) < 4.78 is 51.8. The zero-order valence-corrected chi connectivity index (χ0v) is 16.1. The molecule has 0 atom stereocenters. The lowest BCUT2D eigenvalue weighted by Crippen LogP contribution is -2.09. The number of aromatic amines is 1. The van der Waals surface area contributed by atoms with Gasteiger partial charge < -0.3 is 4.98 Å². The van der Waals surface area contributed by atoms with E-state index < -0.39 is 26.9 Å². The molecule has 0 amide bonds. The van der Waals surface area contributed by atoms with Crippen LogP contribution < -0.4 is 5.43 Å². The number of nitrogens with zero attached hydrogens (tertiary/aromatic N) is 1. The van der Waals surface area contributed by atoms with Crippen molar-refractivity contribution in [1.82, 2.24) is 4.98 Å². The molecule has 0 radical (unpaired) electrons. The van der Waals surface area contributed by atoms with Crippen molar-refractivity contribution in [3.8, 4) is 17.3 Å². The van der Waals surface area contributed by atoms with E-state index in [-0.39, 0.29) is 36.2 Å². The van der Waals surface area contributed by atoms with Crippen LogP contribution in [-0.2, 0) is 9.84 Å². The van der Waals surface area contributed by atoms with Crippen molar-refractivity contribution in [3.63, 3.8) is 0 Å². The normalized spacial score (nSPS) is 11.5. The van der Waals surface area contributed by atoms with Gasteiger partial charge in [-0.1, -0.05) is 0 Å². The van der Waals surface area contributed by atoms with Gasteiger partial charge in [0.25, 0.3) is 0 Å². The molecule has 0 aliphatic carbocycles. The van der Waals surface area contributed by atoms with Crippen molar-refractivity contribution in [1.29, 1.82) is 5.26 Å². The first-order valence-corrected chi connectivity index (χ1v) is 10.1. The van der Waals surface area contributed by atoms with Gasteiger partial charge in [0.05, 0.1) is 36.7 Å². The molecule has 0 fully saturated rings. The van der Waals surface area contributed by atoms with Crippen LogP contribution in [0.5, 0.6) is 0 Å². The highest BCUT2D eigenvalue weighted by Gasteiger charge is 2.19. The lowest BCUT2D eigenvalue weighted by molar-refractivity contribution is 0.578. The van der Waals surface area contributed by atoms with Crippen LogP contribution in [0.25, 0.3) is 22.2 Å². The molecule has 0 unspecified atom stereocenters. The largest absolute Gasteiger partial charge is 0.354 e. The molecule has 1 N–H and O–H groups in total. The summed E-state index contributed by atoms with van der Waals surface area (Å²) >= 11 is 1.46. The molecule has 5 nitrogen and oxygen atoms in total. The molecule has 3 aromatic rings. The zero-order chi connectivity index (χ0) is 19.2. The molecule has 0 saturated heterocycles. The monoisotopic (exact) mass is 486 g/mol. The number of halogens is 3. The molecule has 0 spiro atoms. The fourth-order valence-electron chi connectivity index (χ4n) is 2.60. The average Bonchev–Trinajstić information content (AvgIpc) is 2.57. The molecule has 26 heavy (non-hydrogen) atoms. The number of fused-ring (bicyclic) bond motifs is 1. The van der Waals surface area contributed by atoms with E-state index in [0.717, 1.165) is 18.4 Å². The van der Waals surface area contributed by atoms with E-state index in [1.54, 1.807) is 0 Å². The molecule has 3 rings (SSSR count). The van der Waals surface area contributed by atoms with Crippen LogP contribution in [0.1, 0.15) is 5.56 Å². The molecule has 0 saturated carbocycles. The maximum atomic E-state index is 14.2. The number of pyridine rings is 1. The highest BCUT2D eigenvalue weighted by atomic mass is 127. The van der Waals surface area contributed by atoms with Gasteiger partial charge in [-0.15, -0.1) is 0 Å². The average molecular weight is 486 g/mol. The molecule has 0 aliphatic heterocycles. The Labute approximate surface area is 160 Å². The number of nitriles is 1. The maximum Gasteiger partial charge on any atom is 0.193 e. The van der Waals surface area contributed by atoms with Gasteiger partial charge in [0.15, 0.2) is 21.1 Å². The molecule has 1 aromatic heterocycles. The second kappa shape index (κ2) is 6.44. The van der Waals surface area contributed by atoms with Crippen molar-refractivity contribution in [2.75, 3.05) is 6.26 Å². The molecule has 1 heterocycles. The fourth-order valence-corrected chi connectivity index (χ4v) is 3.91. The molecule has 9 heteroatoms. The van der Waals surface area contributed by atoms with E-state index in [4.69, 9.17) is 5.26 Å². The highest BCUT2D eigenvalue weighted by molar-refractivity contribution is 14.1. The summed E-state index contributed by atoms with van der Waals surface area (Å²) in [7, 11) is -3.68. The summed E-state index contributed by atoms with van der Waals surface area (Å²) in [6.07, 6.45) is 0.985. The predicted molar refractivity (Wildman–Crippen MR) is 100 cm³/mol. The van der Waals surface area contributed by atoms with E-state index >= 15 is 0 Å². The standard InChI is InChI=1S/C17H9F2IN2O3S/c1-26(24,25)14-3-2-8(7-21)4-9(14)11-6-13(23)15-12(22-11)5-10(18)17(20)16(15)19/h2-6H,1H3,(H,22,23). The van der Waals surface area contributed by atoms with Crippen LogP contribution in [0, 0.1) is 26.5 Å². The number of hydrogen-bond acceptors (Lipinski definition) is 4. The third kappa shape index (κ3) is 3.10. The summed E-state index contributed by atoms with van der Waals surface area (Å²) in [5, 5.41) is 8.74. The Kier molecular flexibility index (Phi) is 4.58. The van der Waals surface area contributed by atoms with Crippen LogP contribution in [0.2, 0.25) is 0 Å². The van der Waals surface area contributed by atoms with Gasteiger partial charge in [-0.2, -0.15) is 5.26 Å². The SMILES string of the molecule is CS(=O)(=O)c1ccc(C#N)cc1-c1cc(=O)c2c(F)c(I)c(F)cc2[nH]1. The second-order valence-electron chi connectivity index (χ2n) is 5.55. The number of nitrogens with one attached hydrogen (secondary N) is 1. The van der Waals surface area contributed by atoms with E-state index in [0.29, 0.717) is 0 Å². The minimum absolute atomic E-state index is 0.0417. The Morgan fingerprint density at radius 3 is 2.50 bits per heavy atom. The third-order valence-electron chi connectivity index (χ3n) is 3.75. The van der Waals surface area contributed by atoms with Crippen LogP contribution in [0.4, 0.5) is 8.78 Å². The van der Waals surface area contributed by atoms with Gasteiger partial charge in [-0.05, 0) is 46.9 Å². The van der Waals surface area contributed by atoms with Crippen LogP contribution in [0.3, 0.4) is 0 Å². The van der Waals surface area contributed by atoms with Crippen molar-refractivity contribution in [2.45, 2.75) is 4.90 Å². The molecular weight excluding hydrogens is 477 g/mol. The highest BCUT2D eigenvalue weighted by Crippen LogP contribution is 2.29. The topological polar surface area (TPSA) is 90.8 Å². The van der Waals surface area contributed by atoms with E-state index in [9.17, 15) is 22.0 Å². The number of aromatic nitrogens is 1. The summed E-state index contributed by atoms with van der Waals surface area (Å²) in [6, 6.07) is 7.77. The lowest BCUT2D eigenvalue weighted by Gasteiger charge is -2.11. The first-order chi connectivity index (χ1) is 12.1. The van der Waals surface area contributed by atoms with Crippen LogP contribution >= 0.6 is 22.6 Å². The molecule has 0 aliphatic rings. The van der Waals surface area contributed by atoms with E-state index in [1.807, 2.05) is 6.07 Å². The van der Waals surface area contributed by atoms with Gasteiger partial charge in [-0.3, -0.25) is 4.79 Å². The molecule has 0 bridgehead atoms. The number of H-pyrrole nitrogens is 1. The quantitative estimate of drug-likeness (QED) is 0.445.